The smallest absolute Gasteiger partial charge is 0.317 e. The molecule has 8 nitrogen and oxygen atoms in total. The lowest BCUT2D eigenvalue weighted by Gasteiger charge is -2.32. The number of hydrogen-bond donors (Lipinski definition) is 2. The lowest BCUT2D eigenvalue weighted by molar-refractivity contribution is -0.142. The first-order valence-corrected chi connectivity index (χ1v) is 17.7. The maximum absolute atomic E-state index is 10.8. The molecule has 1 aromatic heterocycles. The zero-order chi connectivity index (χ0) is 35.4. The molecule has 0 spiro atoms. The number of carboxylic acids is 2. The molecule has 0 radical (unpaired) electrons. The molecule has 0 saturated carbocycles. The summed E-state index contributed by atoms with van der Waals surface area (Å²) >= 11 is 2.12. The minimum absolute atomic E-state index is 0.137. The summed E-state index contributed by atoms with van der Waals surface area (Å²) in [7, 11) is 4.27. The number of anilines is 1. The predicted octanol–water partition coefficient (Wildman–Crippen LogP) is 8.04. The van der Waals surface area contributed by atoms with Crippen molar-refractivity contribution >= 4 is 29.4 Å². The fourth-order valence-corrected chi connectivity index (χ4v) is 7.06. The van der Waals surface area contributed by atoms with E-state index in [0.717, 1.165) is 5.75 Å². The average molecular weight is 676 g/mol. The summed E-state index contributed by atoms with van der Waals surface area (Å²) in [5.74, 6) is -0.121. The normalized spacial score (nSPS) is 13.1. The van der Waals surface area contributed by atoms with E-state index in [-0.39, 0.29) is 26.2 Å². The van der Waals surface area contributed by atoms with Gasteiger partial charge in [-0.2, -0.15) is 0 Å². The SMILES string of the molecule is C#C.CCCCC1(CCCC)CCc2cc(N(C)C)ccc2SC1.O=C(O)CN(CC(=O)O)Cc1cccc(COc2ccccc2)n1. The molecule has 2 aromatic carbocycles. The van der Waals surface area contributed by atoms with Crippen LogP contribution in [0.25, 0.3) is 0 Å². The number of carboxylic acid groups (broad SMARTS) is 2. The van der Waals surface area contributed by atoms with Gasteiger partial charge in [0.05, 0.1) is 24.5 Å². The van der Waals surface area contributed by atoms with Gasteiger partial charge in [-0.3, -0.25) is 19.5 Å². The number of hydrogen-bond acceptors (Lipinski definition) is 7. The first kappa shape index (κ1) is 40.2. The van der Waals surface area contributed by atoms with Crippen LogP contribution < -0.4 is 9.64 Å². The Labute approximate surface area is 291 Å². The molecule has 4 rings (SSSR count). The summed E-state index contributed by atoms with van der Waals surface area (Å²) in [6, 6.07) is 21.7. The van der Waals surface area contributed by atoms with Gasteiger partial charge in [-0.15, -0.1) is 24.6 Å². The summed E-state index contributed by atoms with van der Waals surface area (Å²) < 4.78 is 5.62. The van der Waals surface area contributed by atoms with E-state index < -0.39 is 11.9 Å². The van der Waals surface area contributed by atoms with E-state index in [1.165, 1.54) is 72.6 Å². The highest BCUT2D eigenvalue weighted by Gasteiger charge is 2.31. The number of terminal acetylenes is 1. The van der Waals surface area contributed by atoms with Crippen LogP contribution in [0.4, 0.5) is 5.69 Å². The van der Waals surface area contributed by atoms with E-state index in [4.69, 9.17) is 14.9 Å². The van der Waals surface area contributed by atoms with Gasteiger partial charge >= 0.3 is 11.9 Å². The van der Waals surface area contributed by atoms with Gasteiger partial charge in [0.2, 0.25) is 0 Å². The first-order valence-electron chi connectivity index (χ1n) is 16.7. The summed E-state index contributed by atoms with van der Waals surface area (Å²) in [5.41, 5.74) is 4.77. The van der Waals surface area contributed by atoms with Gasteiger partial charge in [-0.25, -0.2) is 0 Å². The number of aryl methyl sites for hydroxylation is 1. The van der Waals surface area contributed by atoms with E-state index in [1.54, 1.807) is 23.8 Å². The molecule has 3 aromatic rings. The van der Waals surface area contributed by atoms with Gasteiger partial charge in [0, 0.05) is 37.0 Å². The summed E-state index contributed by atoms with van der Waals surface area (Å²) in [6.45, 7) is 4.34. The third-order valence-electron chi connectivity index (χ3n) is 8.24. The maximum Gasteiger partial charge on any atom is 0.317 e. The second-order valence-corrected chi connectivity index (χ2v) is 13.4. The van der Waals surface area contributed by atoms with E-state index in [0.29, 0.717) is 16.8 Å². The lowest BCUT2D eigenvalue weighted by atomic mass is 9.75. The zero-order valence-electron chi connectivity index (χ0n) is 29.1. The quantitative estimate of drug-likeness (QED) is 0.146. The highest BCUT2D eigenvalue weighted by molar-refractivity contribution is 7.99. The standard InChI is InChI=1S/C20H33NS.C17H18N2O5.C2H2/c1-5-7-12-20(13-8-6-2)14-11-17-15-18(21(3)4)9-10-19(17)22-16-20;20-16(21)10-19(11-17(22)23)9-13-5-4-6-14(18-13)12-24-15-7-2-1-3-8-15;1-2/h9-10,15H,5-8,11-14,16H2,1-4H3;1-8H,9-12H2,(H,20,21)(H,22,23);1-2H. The van der Waals surface area contributed by atoms with Crippen molar-refractivity contribution in [1.82, 2.24) is 9.88 Å². The summed E-state index contributed by atoms with van der Waals surface area (Å²) in [5, 5.41) is 17.7. The van der Waals surface area contributed by atoms with Gasteiger partial charge in [-0.1, -0.05) is 63.8 Å². The van der Waals surface area contributed by atoms with Crippen LogP contribution >= 0.6 is 11.8 Å². The maximum atomic E-state index is 10.8. The number of carbonyl (C=O) groups is 2. The minimum Gasteiger partial charge on any atom is -0.487 e. The molecule has 0 atom stereocenters. The molecule has 0 bridgehead atoms. The molecule has 0 unspecified atom stereocenters. The number of aliphatic carboxylic acids is 2. The monoisotopic (exact) mass is 675 g/mol. The Hall–Kier alpha value is -4.00. The van der Waals surface area contributed by atoms with Crippen molar-refractivity contribution < 1.29 is 24.5 Å². The molecule has 1 aliphatic heterocycles. The molecule has 0 amide bonds. The lowest BCUT2D eigenvalue weighted by Crippen LogP contribution is -2.34. The second kappa shape index (κ2) is 21.8. The molecule has 0 aliphatic carbocycles. The number of fused-ring (bicyclic) bond motifs is 1. The Kier molecular flexibility index (Phi) is 18.2. The highest BCUT2D eigenvalue weighted by Crippen LogP contribution is 2.45. The van der Waals surface area contributed by atoms with Crippen molar-refractivity contribution in [3.05, 3.63) is 83.7 Å². The van der Waals surface area contributed by atoms with Gasteiger partial charge in [0.1, 0.15) is 12.4 Å². The van der Waals surface area contributed by atoms with Crippen molar-refractivity contribution in [2.24, 2.45) is 5.41 Å². The van der Waals surface area contributed by atoms with E-state index in [2.05, 4.69) is 80.6 Å². The number of ether oxygens (including phenoxy) is 1. The highest BCUT2D eigenvalue weighted by atomic mass is 32.2. The van der Waals surface area contributed by atoms with Crippen LogP contribution in [0.3, 0.4) is 0 Å². The largest absolute Gasteiger partial charge is 0.487 e. The number of nitrogens with zero attached hydrogens (tertiary/aromatic N) is 3. The molecule has 2 N–H and O–H groups in total. The number of thioether (sulfide) groups is 1. The Morgan fingerprint density at radius 1 is 0.896 bits per heavy atom. The Morgan fingerprint density at radius 2 is 1.52 bits per heavy atom. The van der Waals surface area contributed by atoms with E-state index in [1.807, 2.05) is 30.3 Å². The molecule has 1 aliphatic rings. The number of benzene rings is 2. The van der Waals surface area contributed by atoms with Crippen molar-refractivity contribution in [3.8, 4) is 18.6 Å². The van der Waals surface area contributed by atoms with E-state index >= 15 is 0 Å². The topological polar surface area (TPSA) is 103 Å². The van der Waals surface area contributed by atoms with Gasteiger partial charge < -0.3 is 19.8 Å². The molecular weight excluding hydrogens is 623 g/mol. The Morgan fingerprint density at radius 3 is 2.10 bits per heavy atom. The van der Waals surface area contributed by atoms with Crippen molar-refractivity contribution in [3.63, 3.8) is 0 Å². The van der Waals surface area contributed by atoms with Crippen LogP contribution in [0.15, 0.2) is 71.6 Å². The van der Waals surface area contributed by atoms with Crippen LogP contribution in [0, 0.1) is 18.3 Å². The molecule has 0 fully saturated rings. The van der Waals surface area contributed by atoms with Crippen LogP contribution in [0.1, 0.15) is 75.7 Å². The van der Waals surface area contributed by atoms with Crippen molar-refractivity contribution in [2.45, 2.75) is 83.3 Å². The van der Waals surface area contributed by atoms with Crippen molar-refractivity contribution in [2.75, 3.05) is 37.8 Å². The molecule has 260 valence electrons. The van der Waals surface area contributed by atoms with E-state index in [9.17, 15) is 9.59 Å². The molecule has 9 heteroatoms. The number of pyridine rings is 1. The van der Waals surface area contributed by atoms with Crippen LogP contribution in [-0.2, 0) is 29.2 Å². The van der Waals surface area contributed by atoms with Crippen LogP contribution in [0.2, 0.25) is 0 Å². The fraction of sp³-hybridized carbons (Fsp3) is 0.462. The van der Waals surface area contributed by atoms with Crippen molar-refractivity contribution in [1.29, 1.82) is 0 Å². The molecule has 48 heavy (non-hydrogen) atoms. The predicted molar refractivity (Wildman–Crippen MR) is 197 cm³/mol. The van der Waals surface area contributed by atoms with Gasteiger partial charge in [-0.05, 0) is 79.1 Å². The van der Waals surface area contributed by atoms with Crippen LogP contribution in [0.5, 0.6) is 5.75 Å². The average Bonchev–Trinajstić information content (AvgIpc) is 3.26. The minimum atomic E-state index is -1.08. The number of para-hydroxylation sites is 1. The first-order chi connectivity index (χ1) is 23.1. The number of rotatable bonds is 16. The van der Waals surface area contributed by atoms with Crippen LogP contribution in [-0.4, -0.2) is 65.0 Å². The van der Waals surface area contributed by atoms with Gasteiger partial charge in [0.15, 0.2) is 0 Å². The molecule has 2 heterocycles. The zero-order valence-corrected chi connectivity index (χ0v) is 29.9. The third-order valence-corrected chi connectivity index (χ3v) is 9.70. The second-order valence-electron chi connectivity index (χ2n) is 12.3. The number of aromatic nitrogens is 1. The molecule has 0 saturated heterocycles. The number of unbranched alkanes of at least 4 members (excludes halogenated alkanes) is 2. The fourth-order valence-electron chi connectivity index (χ4n) is 5.66. The summed E-state index contributed by atoms with van der Waals surface area (Å²) in [6.07, 6.45) is 18.9. The third kappa shape index (κ3) is 14.4. The van der Waals surface area contributed by atoms with Gasteiger partial charge in [0.25, 0.3) is 0 Å². The molecular formula is C39H53N3O5S. The Balaban J connectivity index is 0.000000318. The summed E-state index contributed by atoms with van der Waals surface area (Å²) in [4.78, 5) is 31.1. The Bertz CT molecular complexity index is 1390.